The molecule has 0 spiro atoms. The van der Waals surface area contributed by atoms with E-state index in [2.05, 4.69) is 5.32 Å². The predicted octanol–water partition coefficient (Wildman–Crippen LogP) is 4.05. The first-order chi connectivity index (χ1) is 9.95. The van der Waals surface area contributed by atoms with E-state index in [1.807, 2.05) is 13.0 Å². The van der Waals surface area contributed by atoms with E-state index in [0.717, 1.165) is 15.8 Å². The average Bonchev–Trinajstić information content (AvgIpc) is 3.05. The van der Waals surface area contributed by atoms with Gasteiger partial charge in [-0.15, -0.1) is 22.7 Å². The molecule has 0 saturated carbocycles. The van der Waals surface area contributed by atoms with Gasteiger partial charge in [-0.3, -0.25) is 4.79 Å². The van der Waals surface area contributed by atoms with Crippen LogP contribution in [0.25, 0.3) is 6.08 Å². The van der Waals surface area contributed by atoms with Crippen LogP contribution in [0.4, 0.5) is 0 Å². The number of halogens is 1. The monoisotopic (exact) mass is 341 g/mol. The maximum atomic E-state index is 12.1. The molecule has 1 amide bonds. The lowest BCUT2D eigenvalue weighted by Gasteiger charge is -2.11. The summed E-state index contributed by atoms with van der Waals surface area (Å²) >= 11 is 8.62. The van der Waals surface area contributed by atoms with Gasteiger partial charge >= 0.3 is 5.97 Å². The quantitative estimate of drug-likeness (QED) is 0.806. The summed E-state index contributed by atoms with van der Waals surface area (Å²) < 4.78 is 0.683. The van der Waals surface area contributed by atoms with Crippen molar-refractivity contribution in [3.63, 3.8) is 0 Å². The Kier molecular flexibility index (Phi) is 5.17. The highest BCUT2D eigenvalue weighted by Gasteiger charge is 2.14. The van der Waals surface area contributed by atoms with Crippen LogP contribution in [0.1, 0.15) is 33.1 Å². The van der Waals surface area contributed by atoms with E-state index in [9.17, 15) is 9.59 Å². The van der Waals surface area contributed by atoms with Gasteiger partial charge < -0.3 is 10.4 Å². The van der Waals surface area contributed by atoms with Crippen LogP contribution in [-0.2, 0) is 4.79 Å². The zero-order chi connectivity index (χ0) is 15.4. The number of carboxylic acids is 1. The molecule has 0 aliphatic carbocycles. The van der Waals surface area contributed by atoms with Crippen molar-refractivity contribution in [1.29, 1.82) is 0 Å². The summed E-state index contributed by atoms with van der Waals surface area (Å²) in [7, 11) is 0. The van der Waals surface area contributed by atoms with Gasteiger partial charge in [0.2, 0.25) is 0 Å². The van der Waals surface area contributed by atoms with Crippen molar-refractivity contribution in [2.24, 2.45) is 0 Å². The Morgan fingerprint density at radius 1 is 1.43 bits per heavy atom. The number of rotatable bonds is 5. The molecule has 2 heterocycles. The number of carbonyl (C=O) groups is 2. The van der Waals surface area contributed by atoms with Crippen molar-refractivity contribution in [3.8, 4) is 0 Å². The van der Waals surface area contributed by atoms with E-state index in [-0.39, 0.29) is 11.9 Å². The molecule has 0 bridgehead atoms. The number of aliphatic carboxylic acids is 1. The molecule has 0 saturated heterocycles. The van der Waals surface area contributed by atoms with Crippen LogP contribution in [0.2, 0.25) is 4.34 Å². The van der Waals surface area contributed by atoms with Crippen LogP contribution in [0.5, 0.6) is 0 Å². The molecule has 7 heteroatoms. The zero-order valence-corrected chi connectivity index (χ0v) is 13.4. The zero-order valence-electron chi connectivity index (χ0n) is 11.0. The van der Waals surface area contributed by atoms with Crippen LogP contribution < -0.4 is 5.32 Å². The number of hydrogen-bond acceptors (Lipinski definition) is 4. The number of carboxylic acid groups (broad SMARTS) is 1. The Hall–Kier alpha value is -1.63. The molecule has 4 nitrogen and oxygen atoms in total. The van der Waals surface area contributed by atoms with Crippen molar-refractivity contribution in [2.75, 3.05) is 0 Å². The standard InChI is InChI=1S/C14H12ClNO3S2/c1-8(11-3-4-12(15)21-11)16-14(19)9-6-10(20-7-9)2-5-13(17)18/h2-8H,1H3,(H,16,19)(H,17,18). The summed E-state index contributed by atoms with van der Waals surface area (Å²) in [5, 5.41) is 13.1. The van der Waals surface area contributed by atoms with Gasteiger partial charge in [-0.1, -0.05) is 11.6 Å². The van der Waals surface area contributed by atoms with Crippen LogP contribution in [0, 0.1) is 0 Å². The molecule has 0 fully saturated rings. The summed E-state index contributed by atoms with van der Waals surface area (Å²) in [6.45, 7) is 1.89. The largest absolute Gasteiger partial charge is 0.478 e. The molecule has 110 valence electrons. The van der Waals surface area contributed by atoms with Gasteiger partial charge in [-0.25, -0.2) is 4.79 Å². The maximum absolute atomic E-state index is 12.1. The van der Waals surface area contributed by atoms with Crippen molar-refractivity contribution in [1.82, 2.24) is 5.32 Å². The van der Waals surface area contributed by atoms with E-state index in [0.29, 0.717) is 9.90 Å². The lowest BCUT2D eigenvalue weighted by molar-refractivity contribution is -0.131. The summed E-state index contributed by atoms with van der Waals surface area (Å²) in [6, 6.07) is 5.21. The minimum atomic E-state index is -1.02. The smallest absolute Gasteiger partial charge is 0.328 e. The SMILES string of the molecule is CC(NC(=O)c1csc(C=CC(=O)O)c1)c1ccc(Cl)s1. The number of thiophene rings is 2. The molecular weight excluding hydrogens is 330 g/mol. The van der Waals surface area contributed by atoms with Gasteiger partial charge in [0.1, 0.15) is 0 Å². The number of amides is 1. The van der Waals surface area contributed by atoms with Crippen molar-refractivity contribution >= 4 is 52.2 Å². The third kappa shape index (κ3) is 4.42. The predicted molar refractivity (Wildman–Crippen MR) is 86.2 cm³/mol. The summed E-state index contributed by atoms with van der Waals surface area (Å²) in [5.41, 5.74) is 0.513. The van der Waals surface area contributed by atoms with Crippen LogP contribution in [0.15, 0.2) is 29.7 Å². The summed E-state index contributed by atoms with van der Waals surface area (Å²) in [6.07, 6.45) is 2.51. The number of hydrogen-bond donors (Lipinski definition) is 2. The third-order valence-corrected chi connectivity index (χ3v) is 4.95. The highest BCUT2D eigenvalue weighted by atomic mass is 35.5. The minimum absolute atomic E-state index is 0.132. The number of nitrogens with one attached hydrogen (secondary N) is 1. The highest BCUT2D eigenvalue weighted by molar-refractivity contribution is 7.16. The minimum Gasteiger partial charge on any atom is -0.478 e. The molecule has 2 aromatic rings. The van der Waals surface area contributed by atoms with Gasteiger partial charge in [0.15, 0.2) is 0 Å². The fourth-order valence-corrected chi connectivity index (χ4v) is 3.47. The molecule has 1 unspecified atom stereocenters. The van der Waals surface area contributed by atoms with Crippen LogP contribution in [-0.4, -0.2) is 17.0 Å². The van der Waals surface area contributed by atoms with Crippen molar-refractivity contribution in [3.05, 3.63) is 49.3 Å². The van der Waals surface area contributed by atoms with E-state index in [1.54, 1.807) is 17.5 Å². The van der Waals surface area contributed by atoms with E-state index in [4.69, 9.17) is 16.7 Å². The first-order valence-corrected chi connectivity index (χ1v) is 8.09. The van der Waals surface area contributed by atoms with E-state index < -0.39 is 5.97 Å². The first-order valence-electron chi connectivity index (χ1n) is 6.01. The molecule has 1 atom stereocenters. The molecule has 2 aromatic heterocycles. The summed E-state index contributed by atoms with van der Waals surface area (Å²) in [5.74, 6) is -1.21. The Balaban J connectivity index is 2.02. The lowest BCUT2D eigenvalue weighted by atomic mass is 10.2. The average molecular weight is 342 g/mol. The lowest BCUT2D eigenvalue weighted by Crippen LogP contribution is -2.25. The molecule has 2 rings (SSSR count). The van der Waals surface area contributed by atoms with Crippen LogP contribution >= 0.6 is 34.3 Å². The first kappa shape index (κ1) is 15.8. The van der Waals surface area contributed by atoms with Gasteiger partial charge in [0.25, 0.3) is 5.91 Å². The van der Waals surface area contributed by atoms with Crippen molar-refractivity contribution in [2.45, 2.75) is 13.0 Å². The molecule has 21 heavy (non-hydrogen) atoms. The molecule has 0 aromatic carbocycles. The van der Waals surface area contributed by atoms with Gasteiger partial charge in [0.05, 0.1) is 15.9 Å². The molecule has 0 aliphatic rings. The van der Waals surface area contributed by atoms with Gasteiger partial charge in [0, 0.05) is 21.2 Å². The van der Waals surface area contributed by atoms with Gasteiger partial charge in [-0.2, -0.15) is 0 Å². The summed E-state index contributed by atoms with van der Waals surface area (Å²) in [4.78, 5) is 24.3. The second kappa shape index (κ2) is 6.89. The Labute approximate surface area is 134 Å². The van der Waals surface area contributed by atoms with Crippen LogP contribution in [0.3, 0.4) is 0 Å². The fourth-order valence-electron chi connectivity index (χ4n) is 1.62. The molecule has 2 N–H and O–H groups in total. The fraction of sp³-hybridized carbons (Fsp3) is 0.143. The number of carbonyl (C=O) groups excluding carboxylic acids is 1. The second-order valence-electron chi connectivity index (χ2n) is 4.25. The Bertz CT molecular complexity index is 690. The molecule has 0 aliphatic heterocycles. The van der Waals surface area contributed by atoms with Crippen molar-refractivity contribution < 1.29 is 14.7 Å². The van der Waals surface area contributed by atoms with E-state index in [1.165, 1.54) is 28.7 Å². The Morgan fingerprint density at radius 3 is 2.81 bits per heavy atom. The molecular formula is C14H12ClNO3S2. The van der Waals surface area contributed by atoms with E-state index >= 15 is 0 Å². The maximum Gasteiger partial charge on any atom is 0.328 e. The Morgan fingerprint density at radius 2 is 2.19 bits per heavy atom. The third-order valence-electron chi connectivity index (χ3n) is 2.64. The normalized spacial score (nSPS) is 12.5. The topological polar surface area (TPSA) is 66.4 Å². The highest BCUT2D eigenvalue weighted by Crippen LogP contribution is 2.27. The second-order valence-corrected chi connectivity index (χ2v) is 6.94. The van der Waals surface area contributed by atoms with Gasteiger partial charge in [-0.05, 0) is 31.2 Å². The molecule has 0 radical (unpaired) electrons.